The quantitative estimate of drug-likeness (QED) is 0.715. The molecular formula is C11H18N4O. The Bertz CT molecular complexity index is 383. The van der Waals surface area contributed by atoms with Crippen molar-refractivity contribution in [3.8, 4) is 0 Å². The number of carbonyl (C=O) groups is 1. The van der Waals surface area contributed by atoms with Crippen molar-refractivity contribution in [1.29, 1.82) is 0 Å². The molecule has 0 atom stereocenters. The fraction of sp³-hybridized carbons (Fsp3) is 0.636. The normalized spacial score (nSPS) is 14.9. The predicted octanol–water partition coefficient (Wildman–Crippen LogP) is 1.04. The molecule has 2 rings (SSSR count). The average Bonchev–Trinajstić information content (AvgIpc) is 2.61. The van der Waals surface area contributed by atoms with Gasteiger partial charge in [0.1, 0.15) is 0 Å². The summed E-state index contributed by atoms with van der Waals surface area (Å²) in [5.41, 5.74) is 2.24. The fourth-order valence-electron chi connectivity index (χ4n) is 1.88. The second kappa shape index (κ2) is 4.65. The highest BCUT2D eigenvalue weighted by molar-refractivity contribution is 5.90. The summed E-state index contributed by atoms with van der Waals surface area (Å²) in [5.74, 6) is 1.09. The Labute approximate surface area is 95.0 Å². The maximum absolute atomic E-state index is 11.6. The molecule has 1 aliphatic rings. The summed E-state index contributed by atoms with van der Waals surface area (Å²) < 4.78 is 0. The Balaban J connectivity index is 2.04. The number of H-pyrrole nitrogens is 1. The molecule has 1 aromatic rings. The third kappa shape index (κ3) is 2.41. The van der Waals surface area contributed by atoms with Gasteiger partial charge in [0.05, 0.1) is 0 Å². The van der Waals surface area contributed by atoms with Gasteiger partial charge in [-0.1, -0.05) is 13.8 Å². The summed E-state index contributed by atoms with van der Waals surface area (Å²) in [6.07, 6.45) is 1.48. The first-order valence-corrected chi connectivity index (χ1v) is 5.73. The minimum absolute atomic E-state index is 0.0369. The molecule has 0 aromatic carbocycles. The van der Waals surface area contributed by atoms with E-state index >= 15 is 0 Å². The number of anilines is 1. The Hall–Kier alpha value is -1.36. The molecule has 5 nitrogen and oxygen atoms in total. The van der Waals surface area contributed by atoms with Crippen LogP contribution in [0.5, 0.6) is 0 Å². The molecule has 0 aliphatic carbocycles. The zero-order valence-corrected chi connectivity index (χ0v) is 9.76. The van der Waals surface area contributed by atoms with Crippen LogP contribution in [0, 0.1) is 5.92 Å². The first-order valence-electron chi connectivity index (χ1n) is 5.73. The minimum Gasteiger partial charge on any atom is -0.312 e. The molecule has 0 fully saturated rings. The lowest BCUT2D eigenvalue weighted by molar-refractivity contribution is -0.116. The summed E-state index contributed by atoms with van der Waals surface area (Å²) in [6, 6.07) is 0. The van der Waals surface area contributed by atoms with Gasteiger partial charge in [-0.3, -0.25) is 9.89 Å². The zero-order chi connectivity index (χ0) is 11.5. The van der Waals surface area contributed by atoms with E-state index in [0.29, 0.717) is 18.2 Å². The van der Waals surface area contributed by atoms with E-state index in [-0.39, 0.29) is 5.91 Å². The average molecular weight is 222 g/mol. The van der Waals surface area contributed by atoms with Gasteiger partial charge in [0.25, 0.3) is 0 Å². The van der Waals surface area contributed by atoms with Crippen molar-refractivity contribution in [2.24, 2.45) is 5.92 Å². The monoisotopic (exact) mass is 222 g/mol. The fourth-order valence-corrected chi connectivity index (χ4v) is 1.88. The molecule has 88 valence electrons. The lowest BCUT2D eigenvalue weighted by Gasteiger charge is -2.13. The van der Waals surface area contributed by atoms with Crippen molar-refractivity contribution in [2.45, 2.75) is 33.2 Å². The highest BCUT2D eigenvalue weighted by atomic mass is 16.1. The molecule has 2 heterocycles. The maximum Gasteiger partial charge on any atom is 0.225 e. The van der Waals surface area contributed by atoms with Crippen LogP contribution in [0.25, 0.3) is 0 Å². The van der Waals surface area contributed by atoms with Gasteiger partial charge < -0.3 is 10.6 Å². The van der Waals surface area contributed by atoms with Crippen molar-refractivity contribution in [3.05, 3.63) is 11.3 Å². The van der Waals surface area contributed by atoms with Crippen molar-refractivity contribution < 1.29 is 4.79 Å². The summed E-state index contributed by atoms with van der Waals surface area (Å²) >= 11 is 0. The highest BCUT2D eigenvalue weighted by Crippen LogP contribution is 2.19. The number of hydrogen-bond acceptors (Lipinski definition) is 3. The van der Waals surface area contributed by atoms with E-state index in [1.165, 1.54) is 0 Å². The Morgan fingerprint density at radius 2 is 2.38 bits per heavy atom. The molecule has 0 saturated heterocycles. The molecule has 0 spiro atoms. The highest BCUT2D eigenvalue weighted by Gasteiger charge is 2.18. The molecule has 0 saturated carbocycles. The number of nitrogens with one attached hydrogen (secondary N) is 3. The molecule has 0 unspecified atom stereocenters. The van der Waals surface area contributed by atoms with Crippen LogP contribution < -0.4 is 10.6 Å². The van der Waals surface area contributed by atoms with Gasteiger partial charge in [0, 0.05) is 37.2 Å². The third-order valence-electron chi connectivity index (χ3n) is 2.66. The van der Waals surface area contributed by atoms with Crippen LogP contribution in [0.15, 0.2) is 0 Å². The number of nitrogens with zero attached hydrogens (tertiary/aromatic N) is 1. The Kier molecular flexibility index (Phi) is 3.24. The van der Waals surface area contributed by atoms with Crippen LogP contribution in [0.4, 0.5) is 5.82 Å². The molecule has 1 aliphatic heterocycles. The standard InChI is InChI=1S/C11H18N4O/c1-7(2)5-10(16)13-11-8-6-12-4-3-9(8)14-15-11/h7,12H,3-6H2,1-2H3,(H2,13,14,15,16). The molecular weight excluding hydrogens is 204 g/mol. The first kappa shape index (κ1) is 11.1. The van der Waals surface area contributed by atoms with E-state index in [4.69, 9.17) is 0 Å². The van der Waals surface area contributed by atoms with Crippen LogP contribution in [0.3, 0.4) is 0 Å². The topological polar surface area (TPSA) is 69.8 Å². The minimum atomic E-state index is 0.0369. The summed E-state index contributed by atoms with van der Waals surface area (Å²) in [6.45, 7) is 5.81. The second-order valence-corrected chi connectivity index (χ2v) is 4.60. The van der Waals surface area contributed by atoms with Crippen molar-refractivity contribution in [1.82, 2.24) is 15.5 Å². The van der Waals surface area contributed by atoms with E-state index < -0.39 is 0 Å². The SMILES string of the molecule is CC(C)CC(=O)Nc1n[nH]c2c1CNCC2. The molecule has 5 heteroatoms. The molecule has 1 amide bonds. The molecule has 1 aromatic heterocycles. The Morgan fingerprint density at radius 1 is 1.56 bits per heavy atom. The van der Waals surface area contributed by atoms with Crippen LogP contribution >= 0.6 is 0 Å². The van der Waals surface area contributed by atoms with E-state index in [1.54, 1.807) is 0 Å². The first-order chi connectivity index (χ1) is 7.66. The lowest BCUT2D eigenvalue weighted by Crippen LogP contribution is -2.24. The van der Waals surface area contributed by atoms with Gasteiger partial charge in [-0.15, -0.1) is 0 Å². The van der Waals surface area contributed by atoms with E-state index in [2.05, 4.69) is 20.8 Å². The van der Waals surface area contributed by atoms with Crippen molar-refractivity contribution in [2.75, 3.05) is 11.9 Å². The van der Waals surface area contributed by atoms with Crippen molar-refractivity contribution >= 4 is 11.7 Å². The lowest BCUT2D eigenvalue weighted by atomic mass is 10.1. The maximum atomic E-state index is 11.6. The van der Waals surface area contributed by atoms with Gasteiger partial charge in [0.2, 0.25) is 5.91 Å². The van der Waals surface area contributed by atoms with Gasteiger partial charge in [-0.2, -0.15) is 5.10 Å². The van der Waals surface area contributed by atoms with Gasteiger partial charge >= 0.3 is 0 Å². The smallest absolute Gasteiger partial charge is 0.225 e. The van der Waals surface area contributed by atoms with E-state index in [1.807, 2.05) is 13.8 Å². The number of carbonyl (C=O) groups excluding carboxylic acids is 1. The van der Waals surface area contributed by atoms with E-state index in [9.17, 15) is 4.79 Å². The summed E-state index contributed by atoms with van der Waals surface area (Å²) in [5, 5.41) is 13.3. The van der Waals surface area contributed by atoms with Gasteiger partial charge in [-0.25, -0.2) is 0 Å². The van der Waals surface area contributed by atoms with Gasteiger partial charge in [0.15, 0.2) is 5.82 Å². The molecule has 0 bridgehead atoms. The summed E-state index contributed by atoms with van der Waals surface area (Å²) in [4.78, 5) is 11.6. The number of hydrogen-bond donors (Lipinski definition) is 3. The Morgan fingerprint density at radius 3 is 3.12 bits per heavy atom. The van der Waals surface area contributed by atoms with Crippen molar-refractivity contribution in [3.63, 3.8) is 0 Å². The predicted molar refractivity (Wildman–Crippen MR) is 62.1 cm³/mol. The zero-order valence-electron chi connectivity index (χ0n) is 9.76. The third-order valence-corrected chi connectivity index (χ3v) is 2.66. The van der Waals surface area contributed by atoms with E-state index in [0.717, 1.165) is 30.8 Å². The van der Waals surface area contributed by atoms with Crippen LogP contribution in [0.2, 0.25) is 0 Å². The number of fused-ring (bicyclic) bond motifs is 1. The number of aromatic nitrogens is 2. The second-order valence-electron chi connectivity index (χ2n) is 4.60. The van der Waals surface area contributed by atoms with Crippen LogP contribution in [0.1, 0.15) is 31.5 Å². The molecule has 0 radical (unpaired) electrons. The molecule has 16 heavy (non-hydrogen) atoms. The molecule has 3 N–H and O–H groups in total. The summed E-state index contributed by atoms with van der Waals surface area (Å²) in [7, 11) is 0. The largest absolute Gasteiger partial charge is 0.312 e. The van der Waals surface area contributed by atoms with Crippen LogP contribution in [-0.4, -0.2) is 22.6 Å². The van der Waals surface area contributed by atoms with Gasteiger partial charge in [-0.05, 0) is 5.92 Å². The number of rotatable bonds is 3. The number of amides is 1. The van der Waals surface area contributed by atoms with Crippen LogP contribution in [-0.2, 0) is 17.8 Å². The number of aromatic amines is 1.